The summed E-state index contributed by atoms with van der Waals surface area (Å²) in [4.78, 5) is 24.8. The van der Waals surface area contributed by atoms with Gasteiger partial charge in [0.05, 0.1) is 5.69 Å². The summed E-state index contributed by atoms with van der Waals surface area (Å²) in [6.45, 7) is 6.23. The van der Waals surface area contributed by atoms with Gasteiger partial charge in [0, 0.05) is 17.8 Å². The van der Waals surface area contributed by atoms with Crippen LogP contribution in [0.25, 0.3) is 5.69 Å². The van der Waals surface area contributed by atoms with Crippen LogP contribution < -0.4 is 21.6 Å². The van der Waals surface area contributed by atoms with Gasteiger partial charge < -0.3 is 5.32 Å². The van der Waals surface area contributed by atoms with Gasteiger partial charge in [0.2, 0.25) is 5.43 Å². The molecule has 3 atom stereocenters. The Bertz CT molecular complexity index is 944. The average molecular weight is 414 g/mol. The summed E-state index contributed by atoms with van der Waals surface area (Å²) in [6, 6.07) is 11.0. The molecule has 0 saturated heterocycles. The first-order valence-corrected chi connectivity index (χ1v) is 10.3. The molecule has 0 aliphatic heterocycles. The maximum absolute atomic E-state index is 12.5. The number of hydrogen-bond acceptors (Lipinski definition) is 4. The van der Waals surface area contributed by atoms with Gasteiger partial charge in [-0.1, -0.05) is 44.9 Å². The molecule has 1 heterocycles. The van der Waals surface area contributed by atoms with Crippen molar-refractivity contribution in [3.05, 3.63) is 58.0 Å². The number of amides is 1. The number of hydrazine groups is 1. The molecule has 1 amide bonds. The number of rotatable bonds is 3. The van der Waals surface area contributed by atoms with Crippen LogP contribution in [0.15, 0.2) is 41.2 Å². The van der Waals surface area contributed by atoms with Crippen molar-refractivity contribution in [2.75, 3.05) is 0 Å². The van der Waals surface area contributed by atoms with Crippen LogP contribution in [-0.4, -0.2) is 26.8 Å². The standard InChI is InChI=1S/C21H27N5O2S/c1-13-8-7-11-17(15(13)3)22-21(29)24-23-20(28)19-18(27)12-14(2)26(25-19)16-9-5-4-6-10-16/h4-6,9-10,12-13,15,17H,7-8,11H2,1-3H3,(H,23,28)(H2,22,24,29)/t13-,15-,17-/m0/s1. The molecule has 1 aliphatic rings. The number of carbonyl (C=O) groups is 1. The minimum Gasteiger partial charge on any atom is -0.358 e. The first kappa shape index (κ1) is 21.0. The molecule has 0 bridgehead atoms. The summed E-state index contributed by atoms with van der Waals surface area (Å²) in [5.74, 6) is 0.497. The van der Waals surface area contributed by atoms with Crippen molar-refractivity contribution >= 4 is 23.2 Å². The van der Waals surface area contributed by atoms with E-state index in [1.165, 1.54) is 12.5 Å². The number of para-hydroxylation sites is 1. The first-order chi connectivity index (χ1) is 13.9. The number of nitrogens with one attached hydrogen (secondary N) is 3. The maximum atomic E-state index is 12.5. The molecule has 0 spiro atoms. The third-order valence-electron chi connectivity index (χ3n) is 5.64. The Morgan fingerprint density at radius 1 is 1.17 bits per heavy atom. The number of benzene rings is 1. The number of aromatic nitrogens is 2. The Kier molecular flexibility index (Phi) is 6.64. The zero-order chi connectivity index (χ0) is 21.0. The molecule has 1 aliphatic carbocycles. The van der Waals surface area contributed by atoms with Crippen molar-refractivity contribution in [2.45, 2.75) is 46.1 Å². The molecule has 2 aromatic rings. The van der Waals surface area contributed by atoms with E-state index < -0.39 is 11.3 Å². The van der Waals surface area contributed by atoms with Crippen molar-refractivity contribution in [1.29, 1.82) is 0 Å². The van der Waals surface area contributed by atoms with E-state index in [0.717, 1.165) is 18.5 Å². The van der Waals surface area contributed by atoms with E-state index in [0.29, 0.717) is 22.6 Å². The fourth-order valence-electron chi connectivity index (χ4n) is 3.70. The lowest BCUT2D eigenvalue weighted by molar-refractivity contribution is 0.0935. The Labute approximate surface area is 175 Å². The van der Waals surface area contributed by atoms with Crippen molar-refractivity contribution in [3.63, 3.8) is 0 Å². The normalized spacial score (nSPS) is 21.3. The van der Waals surface area contributed by atoms with Crippen molar-refractivity contribution in [2.24, 2.45) is 11.8 Å². The second-order valence-electron chi connectivity index (χ2n) is 7.67. The highest BCUT2D eigenvalue weighted by molar-refractivity contribution is 7.80. The zero-order valence-electron chi connectivity index (χ0n) is 16.9. The molecule has 154 valence electrons. The summed E-state index contributed by atoms with van der Waals surface area (Å²) >= 11 is 5.31. The molecule has 8 heteroatoms. The van der Waals surface area contributed by atoms with Crippen LogP contribution in [0.1, 0.15) is 49.3 Å². The van der Waals surface area contributed by atoms with Crippen LogP contribution in [-0.2, 0) is 0 Å². The van der Waals surface area contributed by atoms with E-state index in [4.69, 9.17) is 12.2 Å². The van der Waals surface area contributed by atoms with Crippen molar-refractivity contribution < 1.29 is 4.79 Å². The Morgan fingerprint density at radius 2 is 1.90 bits per heavy atom. The van der Waals surface area contributed by atoms with Gasteiger partial charge in [0.25, 0.3) is 5.91 Å². The van der Waals surface area contributed by atoms with E-state index in [1.807, 2.05) is 30.3 Å². The molecule has 1 aromatic carbocycles. The summed E-state index contributed by atoms with van der Waals surface area (Å²) in [7, 11) is 0. The van der Waals surface area contributed by atoms with Crippen LogP contribution in [0.3, 0.4) is 0 Å². The van der Waals surface area contributed by atoms with Gasteiger partial charge in [-0.25, -0.2) is 4.68 Å². The van der Waals surface area contributed by atoms with E-state index in [9.17, 15) is 9.59 Å². The number of hydrogen-bond donors (Lipinski definition) is 3. The SMILES string of the molecule is Cc1cc(=O)c(C(=O)NNC(=S)N[C@H]2CCC[C@H](C)[C@@H]2C)nn1-c1ccccc1. The van der Waals surface area contributed by atoms with E-state index in [1.54, 1.807) is 11.6 Å². The molecule has 3 N–H and O–H groups in total. The molecular formula is C21H27N5O2S. The fourth-order valence-corrected chi connectivity index (χ4v) is 3.90. The van der Waals surface area contributed by atoms with Crippen LogP contribution >= 0.6 is 12.2 Å². The summed E-state index contributed by atoms with van der Waals surface area (Å²) in [5.41, 5.74) is 5.95. The van der Waals surface area contributed by atoms with Gasteiger partial charge in [-0.3, -0.25) is 20.4 Å². The molecule has 1 saturated carbocycles. The lowest BCUT2D eigenvalue weighted by Crippen LogP contribution is -2.53. The number of thiocarbonyl (C=S) groups is 1. The molecule has 7 nitrogen and oxygen atoms in total. The summed E-state index contributed by atoms with van der Waals surface area (Å²) in [6.07, 6.45) is 3.43. The second-order valence-corrected chi connectivity index (χ2v) is 8.08. The van der Waals surface area contributed by atoms with Crippen molar-refractivity contribution in [1.82, 2.24) is 25.9 Å². The number of aryl methyl sites for hydroxylation is 1. The molecular weight excluding hydrogens is 386 g/mol. The number of carbonyl (C=O) groups excluding carboxylic acids is 1. The van der Waals surface area contributed by atoms with Gasteiger partial charge >= 0.3 is 0 Å². The maximum Gasteiger partial charge on any atom is 0.294 e. The van der Waals surface area contributed by atoms with Crippen LogP contribution in [0.5, 0.6) is 0 Å². The zero-order valence-corrected chi connectivity index (χ0v) is 17.8. The van der Waals surface area contributed by atoms with Crippen LogP contribution in [0, 0.1) is 18.8 Å². The predicted octanol–water partition coefficient (Wildman–Crippen LogP) is 2.47. The van der Waals surface area contributed by atoms with E-state index >= 15 is 0 Å². The second kappa shape index (κ2) is 9.17. The smallest absolute Gasteiger partial charge is 0.294 e. The van der Waals surface area contributed by atoms with Gasteiger partial charge in [0.15, 0.2) is 10.8 Å². The summed E-state index contributed by atoms with van der Waals surface area (Å²) in [5, 5.41) is 7.85. The molecule has 0 radical (unpaired) electrons. The quantitative estimate of drug-likeness (QED) is 0.529. The molecule has 29 heavy (non-hydrogen) atoms. The third-order valence-corrected chi connectivity index (χ3v) is 5.86. The first-order valence-electron chi connectivity index (χ1n) is 9.90. The number of nitrogens with zero attached hydrogens (tertiary/aromatic N) is 2. The monoisotopic (exact) mass is 413 g/mol. The Morgan fingerprint density at radius 3 is 2.62 bits per heavy atom. The van der Waals surface area contributed by atoms with Crippen molar-refractivity contribution in [3.8, 4) is 5.69 Å². The molecule has 1 aromatic heterocycles. The minimum atomic E-state index is -0.631. The lowest BCUT2D eigenvalue weighted by atomic mass is 9.78. The van der Waals surface area contributed by atoms with E-state index in [2.05, 4.69) is 35.1 Å². The minimum absolute atomic E-state index is 0.200. The highest BCUT2D eigenvalue weighted by Gasteiger charge is 2.27. The largest absolute Gasteiger partial charge is 0.358 e. The molecule has 3 rings (SSSR count). The van der Waals surface area contributed by atoms with Gasteiger partial charge in [-0.05, 0) is 49.5 Å². The van der Waals surface area contributed by atoms with Gasteiger partial charge in [-0.15, -0.1) is 0 Å². The van der Waals surface area contributed by atoms with Crippen LogP contribution in [0.4, 0.5) is 0 Å². The summed E-state index contributed by atoms with van der Waals surface area (Å²) < 4.78 is 1.57. The van der Waals surface area contributed by atoms with Crippen LogP contribution in [0.2, 0.25) is 0 Å². The average Bonchev–Trinajstić information content (AvgIpc) is 2.70. The topological polar surface area (TPSA) is 88.1 Å². The molecule has 0 unspecified atom stereocenters. The fraction of sp³-hybridized carbons (Fsp3) is 0.429. The highest BCUT2D eigenvalue weighted by atomic mass is 32.1. The predicted molar refractivity (Wildman–Crippen MR) is 117 cm³/mol. The van der Waals surface area contributed by atoms with E-state index in [-0.39, 0.29) is 11.7 Å². The molecule has 1 fully saturated rings. The third kappa shape index (κ3) is 5.00. The Hall–Kier alpha value is -2.74. The highest BCUT2D eigenvalue weighted by Crippen LogP contribution is 2.29. The lowest BCUT2D eigenvalue weighted by Gasteiger charge is -2.35. The Balaban J connectivity index is 1.66. The van der Waals surface area contributed by atoms with Gasteiger partial charge in [0.1, 0.15) is 0 Å². The van der Waals surface area contributed by atoms with Gasteiger partial charge in [-0.2, -0.15) is 5.10 Å².